The summed E-state index contributed by atoms with van der Waals surface area (Å²) in [5.41, 5.74) is -0.0470. The Morgan fingerprint density at radius 3 is 2.65 bits per heavy atom. The fraction of sp³-hybridized carbons (Fsp3) is 0.579. The summed E-state index contributed by atoms with van der Waals surface area (Å²) in [6.07, 6.45) is 3.28. The van der Waals surface area contributed by atoms with Crippen LogP contribution in [0.3, 0.4) is 0 Å². The van der Waals surface area contributed by atoms with Gasteiger partial charge in [-0.05, 0) is 56.3 Å². The number of amides is 2. The van der Waals surface area contributed by atoms with Gasteiger partial charge in [0.25, 0.3) is 5.91 Å². The summed E-state index contributed by atoms with van der Waals surface area (Å²) in [7, 11) is 0. The molecule has 1 aromatic rings. The van der Waals surface area contributed by atoms with Gasteiger partial charge in [0.05, 0.1) is 5.56 Å². The predicted molar refractivity (Wildman–Crippen MR) is 103 cm³/mol. The Labute approximate surface area is 160 Å². The molecule has 5 nitrogen and oxygen atoms in total. The van der Waals surface area contributed by atoms with Crippen LogP contribution in [0.5, 0.6) is 0 Å². The minimum absolute atomic E-state index is 0. The van der Waals surface area contributed by atoms with Crippen molar-refractivity contribution < 1.29 is 14.0 Å². The number of hydrogen-bond donors (Lipinski definition) is 3. The molecule has 7 heteroatoms. The Morgan fingerprint density at radius 1 is 1.31 bits per heavy atom. The molecule has 0 radical (unpaired) electrons. The van der Waals surface area contributed by atoms with Crippen LogP contribution in [-0.2, 0) is 4.79 Å². The lowest BCUT2D eigenvalue weighted by molar-refractivity contribution is -0.124. The molecular weight excluding hydrogens is 357 g/mol. The molecule has 0 aliphatic carbocycles. The van der Waals surface area contributed by atoms with Crippen molar-refractivity contribution in [3.05, 3.63) is 35.6 Å². The van der Waals surface area contributed by atoms with Gasteiger partial charge in [0, 0.05) is 6.54 Å². The van der Waals surface area contributed by atoms with E-state index in [2.05, 4.69) is 16.0 Å². The summed E-state index contributed by atoms with van der Waals surface area (Å²) in [4.78, 5) is 24.7. The first-order valence-electron chi connectivity index (χ1n) is 9.03. The molecule has 0 spiro atoms. The van der Waals surface area contributed by atoms with Gasteiger partial charge in [0.15, 0.2) is 0 Å². The maximum atomic E-state index is 13.7. The smallest absolute Gasteiger partial charge is 0.254 e. The predicted octanol–water partition coefficient (Wildman–Crippen LogP) is 2.51. The van der Waals surface area contributed by atoms with E-state index in [9.17, 15) is 14.0 Å². The molecule has 0 bridgehead atoms. The van der Waals surface area contributed by atoms with Gasteiger partial charge >= 0.3 is 0 Å². The Bertz CT molecular complexity index is 592. The van der Waals surface area contributed by atoms with E-state index in [0.717, 1.165) is 19.5 Å². The van der Waals surface area contributed by atoms with Crippen molar-refractivity contribution in [2.24, 2.45) is 11.8 Å². The molecule has 1 fully saturated rings. The average molecular weight is 386 g/mol. The van der Waals surface area contributed by atoms with Crippen LogP contribution in [0.15, 0.2) is 24.3 Å². The maximum Gasteiger partial charge on any atom is 0.254 e. The number of halogens is 2. The van der Waals surface area contributed by atoms with Crippen LogP contribution in [0.25, 0.3) is 0 Å². The van der Waals surface area contributed by atoms with Crippen molar-refractivity contribution in [3.63, 3.8) is 0 Å². The highest BCUT2D eigenvalue weighted by Gasteiger charge is 2.25. The largest absolute Gasteiger partial charge is 0.354 e. The Kier molecular flexibility index (Phi) is 9.59. The molecule has 3 N–H and O–H groups in total. The molecule has 146 valence electrons. The third-order valence-electron chi connectivity index (χ3n) is 4.60. The normalized spacial score (nSPS) is 17.9. The minimum Gasteiger partial charge on any atom is -0.354 e. The molecule has 1 saturated heterocycles. The van der Waals surface area contributed by atoms with E-state index in [4.69, 9.17) is 0 Å². The summed E-state index contributed by atoms with van der Waals surface area (Å²) in [6, 6.07) is 5.09. The van der Waals surface area contributed by atoms with Crippen molar-refractivity contribution >= 4 is 24.2 Å². The van der Waals surface area contributed by atoms with Crippen LogP contribution in [0.4, 0.5) is 4.39 Å². The first-order chi connectivity index (χ1) is 12.0. The van der Waals surface area contributed by atoms with Gasteiger partial charge in [-0.15, -0.1) is 12.4 Å². The third kappa shape index (κ3) is 6.57. The van der Waals surface area contributed by atoms with Gasteiger partial charge in [-0.1, -0.05) is 26.0 Å². The van der Waals surface area contributed by atoms with Crippen LogP contribution >= 0.6 is 12.4 Å². The Balaban J connectivity index is 0.00000338. The lowest BCUT2D eigenvalue weighted by Gasteiger charge is -2.24. The molecule has 0 saturated carbocycles. The van der Waals surface area contributed by atoms with Crippen LogP contribution in [0.2, 0.25) is 0 Å². The fourth-order valence-corrected chi connectivity index (χ4v) is 3.08. The van der Waals surface area contributed by atoms with Crippen molar-refractivity contribution in [3.8, 4) is 0 Å². The molecule has 1 aliphatic heterocycles. The minimum atomic E-state index is -0.684. The van der Waals surface area contributed by atoms with E-state index in [1.54, 1.807) is 6.07 Å². The van der Waals surface area contributed by atoms with Crippen molar-refractivity contribution in [2.75, 3.05) is 19.6 Å². The van der Waals surface area contributed by atoms with Crippen molar-refractivity contribution in [1.29, 1.82) is 0 Å². The third-order valence-corrected chi connectivity index (χ3v) is 4.60. The molecule has 0 aromatic heterocycles. The second-order valence-corrected chi connectivity index (χ2v) is 6.97. The number of carbonyl (C=O) groups is 2. The molecule has 1 heterocycles. The van der Waals surface area contributed by atoms with Crippen molar-refractivity contribution in [2.45, 2.75) is 39.2 Å². The average Bonchev–Trinajstić information content (AvgIpc) is 2.60. The van der Waals surface area contributed by atoms with E-state index in [1.165, 1.54) is 31.0 Å². The fourth-order valence-electron chi connectivity index (χ4n) is 3.08. The second-order valence-electron chi connectivity index (χ2n) is 6.97. The van der Waals surface area contributed by atoms with E-state index < -0.39 is 17.8 Å². The van der Waals surface area contributed by atoms with Gasteiger partial charge in [-0.3, -0.25) is 9.59 Å². The molecule has 1 aliphatic rings. The number of rotatable bonds is 7. The Hall–Kier alpha value is -1.66. The molecule has 2 rings (SSSR count). The maximum absolute atomic E-state index is 13.7. The zero-order valence-electron chi connectivity index (χ0n) is 15.4. The van der Waals surface area contributed by atoms with E-state index >= 15 is 0 Å². The summed E-state index contributed by atoms with van der Waals surface area (Å²) in [5, 5.41) is 8.92. The first-order valence-corrected chi connectivity index (χ1v) is 9.03. The summed E-state index contributed by atoms with van der Waals surface area (Å²) in [6.45, 7) is 6.37. The Morgan fingerprint density at radius 2 is 2.04 bits per heavy atom. The lowest BCUT2D eigenvalue weighted by atomic mass is 9.96. The van der Waals surface area contributed by atoms with E-state index in [1.807, 2.05) is 13.8 Å². The summed E-state index contributed by atoms with van der Waals surface area (Å²) in [5.74, 6) is -0.883. The van der Waals surface area contributed by atoms with Crippen LogP contribution < -0.4 is 16.0 Å². The van der Waals surface area contributed by atoms with Crippen LogP contribution in [0, 0.1) is 17.7 Å². The quantitative estimate of drug-likeness (QED) is 0.675. The summed E-state index contributed by atoms with van der Waals surface area (Å²) >= 11 is 0. The number of hydrogen-bond acceptors (Lipinski definition) is 3. The topological polar surface area (TPSA) is 70.2 Å². The molecule has 1 aromatic carbocycles. The molecular formula is C19H29ClFN3O2. The highest BCUT2D eigenvalue weighted by Crippen LogP contribution is 2.13. The van der Waals surface area contributed by atoms with E-state index in [0.29, 0.717) is 12.5 Å². The lowest BCUT2D eigenvalue weighted by Crippen LogP contribution is -2.50. The standard InChI is InChI=1S/C19H28FN3O2.ClH/c1-13(2)17(23-18(24)15-7-3-4-8-16(15)20)19(25)22-11-9-14-6-5-10-21-12-14;/h3-4,7-8,13-14,17,21H,5-6,9-12H2,1-2H3,(H,22,25)(H,23,24);1H. The van der Waals surface area contributed by atoms with Crippen molar-refractivity contribution in [1.82, 2.24) is 16.0 Å². The first kappa shape index (κ1) is 22.4. The molecule has 2 atom stereocenters. The van der Waals surface area contributed by atoms with E-state index in [-0.39, 0.29) is 29.8 Å². The van der Waals surface area contributed by atoms with Gasteiger partial charge in [-0.2, -0.15) is 0 Å². The zero-order valence-corrected chi connectivity index (χ0v) is 16.2. The van der Waals surface area contributed by atoms with Crippen LogP contribution in [0.1, 0.15) is 43.5 Å². The van der Waals surface area contributed by atoms with Gasteiger partial charge < -0.3 is 16.0 Å². The number of benzene rings is 1. The molecule has 2 unspecified atom stereocenters. The highest BCUT2D eigenvalue weighted by molar-refractivity contribution is 5.97. The molecule has 26 heavy (non-hydrogen) atoms. The zero-order chi connectivity index (χ0) is 18.2. The van der Waals surface area contributed by atoms with Gasteiger partial charge in [0.1, 0.15) is 11.9 Å². The SMILES string of the molecule is CC(C)C(NC(=O)c1ccccc1F)C(=O)NCCC1CCCNC1.Cl. The summed E-state index contributed by atoms with van der Waals surface area (Å²) < 4.78 is 13.7. The highest BCUT2D eigenvalue weighted by atomic mass is 35.5. The number of nitrogens with one attached hydrogen (secondary N) is 3. The second kappa shape index (κ2) is 11.1. The van der Waals surface area contributed by atoms with Gasteiger partial charge in [-0.25, -0.2) is 4.39 Å². The number of carbonyl (C=O) groups excluding carboxylic acids is 2. The molecule has 2 amide bonds. The van der Waals surface area contributed by atoms with Crippen LogP contribution in [-0.4, -0.2) is 37.5 Å². The monoisotopic (exact) mass is 385 g/mol. The number of piperidine rings is 1. The van der Waals surface area contributed by atoms with Gasteiger partial charge in [0.2, 0.25) is 5.91 Å².